The van der Waals surface area contributed by atoms with Crippen LogP contribution in [0.5, 0.6) is 0 Å². The third-order valence-electron chi connectivity index (χ3n) is 18.4. The SMILES string of the molecule is C[Si](C)(C)C(c1cc(C([Si](C)(C)C)([Si](C)(C)C)[Si](C)(C)C)cc(C([Si](C)(C)C)[Si](C)(C)C)[c]1[Bi]=[Bi][c]1c(C([Si](C)(C)C)[Si](C)(C)C)cc(C([Si](C)(C)C)([Si](C)(C)C)[Si](C)(C)C)cc1C([Si](C)(C)C)[Si](C)(C)C)[Si](C)(C)C. The van der Waals surface area contributed by atoms with Crippen LogP contribution in [-0.2, 0) is 8.57 Å². The summed E-state index contributed by atoms with van der Waals surface area (Å²) in [4.78, 5) is 0. The van der Waals surface area contributed by atoms with Gasteiger partial charge in [-0.3, -0.25) is 0 Å². The van der Waals surface area contributed by atoms with Gasteiger partial charge in [0.1, 0.15) is 0 Å². The molecule has 0 bridgehead atoms. The maximum atomic E-state index is 3.17. The zero-order chi connectivity index (χ0) is 61.2. The molecule has 0 radical (unpaired) electrons. The predicted octanol–water partition coefficient (Wildman–Crippen LogP) is 20.1. The molecule has 2 aromatic rings. The second-order valence-corrected chi connectivity index (χ2v) is 138. The van der Waals surface area contributed by atoms with Gasteiger partial charge in [0.05, 0.1) is 0 Å². The third kappa shape index (κ3) is 15.5. The summed E-state index contributed by atoms with van der Waals surface area (Å²) in [6.45, 7) is 119. The van der Waals surface area contributed by atoms with Gasteiger partial charge in [-0.2, -0.15) is 0 Å². The van der Waals surface area contributed by atoms with Crippen molar-refractivity contribution in [2.24, 2.45) is 0 Å². The van der Waals surface area contributed by atoms with Crippen LogP contribution in [0.2, 0.25) is 275 Å². The zero-order valence-corrected chi connectivity index (χ0v) is 80.5. The van der Waals surface area contributed by atoms with Crippen molar-refractivity contribution >= 4 is 155 Å². The van der Waals surface area contributed by atoms with Crippen molar-refractivity contribution in [3.8, 4) is 0 Å². The van der Waals surface area contributed by atoms with Crippen LogP contribution < -0.4 is 6.54 Å². The van der Waals surface area contributed by atoms with Gasteiger partial charge in [0.2, 0.25) is 0 Å². The molecule has 0 spiro atoms. The van der Waals surface area contributed by atoms with E-state index >= 15 is 0 Å². The quantitative estimate of drug-likeness (QED) is 0.103. The van der Waals surface area contributed by atoms with Crippen LogP contribution in [0.4, 0.5) is 0 Å². The van der Waals surface area contributed by atoms with Gasteiger partial charge >= 0.3 is 517 Å². The maximum absolute atomic E-state index is 3.17. The Hall–Kier alpha value is 3.24. The van der Waals surface area contributed by atoms with Crippen LogP contribution in [0.25, 0.3) is 0 Å². The predicted molar refractivity (Wildman–Crippen MR) is 405 cm³/mol. The van der Waals surface area contributed by atoms with Crippen LogP contribution in [0, 0.1) is 0 Å². The van der Waals surface area contributed by atoms with E-state index in [0.29, 0.717) is 8.57 Å². The molecule has 0 heterocycles. The van der Waals surface area contributed by atoms with Crippen LogP contribution in [0.3, 0.4) is 0 Å². The number of rotatable bonds is 22. The van der Waals surface area contributed by atoms with Gasteiger partial charge in [-0.15, -0.1) is 0 Å². The first-order valence-electron chi connectivity index (χ1n) is 30.4. The Morgan fingerprint density at radius 1 is 0.224 bits per heavy atom. The molecule has 2 aromatic carbocycles. The molecule has 0 fully saturated rings. The first-order chi connectivity index (χ1) is 32.6. The first kappa shape index (κ1) is 75.3. The molecule has 0 aliphatic heterocycles. The summed E-state index contributed by atoms with van der Waals surface area (Å²) >= 11 is -2.56. The van der Waals surface area contributed by atoms with E-state index in [4.69, 9.17) is 0 Å². The molecule has 2 rings (SSSR count). The summed E-state index contributed by atoms with van der Waals surface area (Å²) in [7, 11) is -24.4. The fourth-order valence-electron chi connectivity index (χ4n) is 21.3. The molecule has 0 atom stereocenters. The summed E-state index contributed by atoms with van der Waals surface area (Å²) in [6.07, 6.45) is 0. The van der Waals surface area contributed by atoms with E-state index in [0.717, 1.165) is 20.7 Å². The second-order valence-electron chi connectivity index (χ2n) is 39.9. The molecular formula is C60H134Bi2Si14. The Labute approximate surface area is 510 Å². The summed E-state index contributed by atoms with van der Waals surface area (Å²) < 4.78 is 5.00. The van der Waals surface area contributed by atoms with Crippen LogP contribution in [0.1, 0.15) is 54.0 Å². The van der Waals surface area contributed by atoms with Gasteiger partial charge in [0, 0.05) is 0 Å². The van der Waals surface area contributed by atoms with Crippen molar-refractivity contribution in [1.29, 1.82) is 0 Å². The molecule has 0 aromatic heterocycles. The molecule has 0 N–H and O–H groups in total. The molecule has 0 aliphatic rings. The van der Waals surface area contributed by atoms with E-state index in [9.17, 15) is 0 Å². The molecule has 0 aliphatic carbocycles. The molecule has 0 unspecified atom stereocenters. The molecule has 0 nitrogen and oxygen atoms in total. The number of hydrogen-bond donors (Lipinski definition) is 0. The Balaban J connectivity index is 4.21. The fraction of sp³-hybridized carbons (Fsp3) is 0.800. The van der Waals surface area contributed by atoms with Crippen LogP contribution in [-0.4, -0.2) is 149 Å². The van der Waals surface area contributed by atoms with Crippen molar-refractivity contribution in [2.75, 3.05) is 0 Å². The summed E-state index contributed by atoms with van der Waals surface area (Å²) in [6, 6.07) is 12.7. The third-order valence-corrected chi connectivity index (χ3v) is 121. The molecule has 76 heavy (non-hydrogen) atoms. The molecule has 0 amide bonds. The van der Waals surface area contributed by atoms with E-state index in [1.807, 2.05) is 33.4 Å². The van der Waals surface area contributed by atoms with Crippen molar-refractivity contribution < 1.29 is 0 Å². The minimum atomic E-state index is -1.79. The Morgan fingerprint density at radius 3 is 0.434 bits per heavy atom. The average Bonchev–Trinajstić information content (AvgIpc) is 2.99. The van der Waals surface area contributed by atoms with Gasteiger partial charge < -0.3 is 0 Å². The monoisotopic (exact) mass is 1660 g/mol. The van der Waals surface area contributed by atoms with Crippen molar-refractivity contribution in [2.45, 2.75) is 304 Å². The number of hydrogen-bond acceptors (Lipinski definition) is 0. The van der Waals surface area contributed by atoms with Gasteiger partial charge in [-0.25, -0.2) is 0 Å². The van der Waals surface area contributed by atoms with E-state index in [-0.39, 0.29) is 0 Å². The summed E-state index contributed by atoms with van der Waals surface area (Å²) in [5.41, 5.74) is 11.9. The zero-order valence-electron chi connectivity index (χ0n) is 59.5. The topological polar surface area (TPSA) is 0 Å². The Bertz CT molecular complexity index is 1980. The Morgan fingerprint density at radius 2 is 0.342 bits per heavy atom. The molecular weight excluding hydrogens is 1530 g/mol. The second kappa shape index (κ2) is 23.4. The van der Waals surface area contributed by atoms with Gasteiger partial charge in [-0.05, 0) is 0 Å². The molecule has 440 valence electrons. The van der Waals surface area contributed by atoms with Crippen molar-refractivity contribution in [1.82, 2.24) is 0 Å². The first-order valence-corrected chi connectivity index (χ1v) is 98.7. The van der Waals surface area contributed by atoms with Crippen molar-refractivity contribution in [3.63, 3.8) is 0 Å². The van der Waals surface area contributed by atoms with Gasteiger partial charge in [-0.1, -0.05) is 0 Å². The van der Waals surface area contributed by atoms with E-state index in [1.54, 1.807) is 0 Å². The average molecular weight is 1670 g/mol. The van der Waals surface area contributed by atoms with E-state index in [2.05, 4.69) is 306 Å². The normalized spacial score (nSPS) is 15.9. The van der Waals surface area contributed by atoms with Crippen molar-refractivity contribution in [3.05, 3.63) is 57.6 Å². The fourth-order valence-corrected chi connectivity index (χ4v) is 164. The minimum absolute atomic E-state index is 0.366. The standard InChI is InChI=1S/2C30H67Si7.2Bi/c2*1-31(2,3)28(32(4,5)6)25-22-26(29(33(7,8)9)34(10,11)12)24-27(23-25)30(35(13,14)15,36(16,17)18)37(19,20)21;;/h2*23-24,28-29H,1-21H3;;. The summed E-state index contributed by atoms with van der Waals surface area (Å²) in [5, 5.41) is 3.08. The van der Waals surface area contributed by atoms with Crippen LogP contribution in [0.15, 0.2) is 24.3 Å². The Kier molecular flexibility index (Phi) is 23.2. The summed E-state index contributed by atoms with van der Waals surface area (Å²) in [5.74, 6) is 0. The molecule has 16 heteroatoms. The number of benzene rings is 2. The van der Waals surface area contributed by atoms with E-state index in [1.165, 1.54) is 0 Å². The molecule has 0 saturated carbocycles. The van der Waals surface area contributed by atoms with Gasteiger partial charge in [0.25, 0.3) is 0 Å². The van der Waals surface area contributed by atoms with Gasteiger partial charge in [0.15, 0.2) is 0 Å². The molecule has 0 saturated heterocycles. The van der Waals surface area contributed by atoms with E-state index < -0.39 is 149 Å². The van der Waals surface area contributed by atoms with Crippen LogP contribution >= 0.6 is 0 Å².